The van der Waals surface area contributed by atoms with Crippen molar-refractivity contribution in [2.45, 2.75) is 10.5 Å². The number of rotatable bonds is 6. The molecule has 4 nitrogen and oxygen atoms in total. The third-order valence-electron chi connectivity index (χ3n) is 3.54. The fourth-order valence-corrected chi connectivity index (χ4v) is 4.07. The third-order valence-corrected chi connectivity index (χ3v) is 5.63. The molecule has 1 unspecified atom stereocenters. The van der Waals surface area contributed by atoms with Crippen LogP contribution in [0.5, 0.6) is 0 Å². The molecular weight excluding hydrogens is 324 g/mol. The minimum atomic E-state index is -3.65. The van der Waals surface area contributed by atoms with Gasteiger partial charge >= 0.3 is 0 Å². The number of benzene rings is 2. The molecule has 0 amide bonds. The lowest BCUT2D eigenvalue weighted by Gasteiger charge is -2.30. The summed E-state index contributed by atoms with van der Waals surface area (Å²) in [6.07, 6.45) is 0. The molecule has 2 aromatic rings. The van der Waals surface area contributed by atoms with E-state index in [0.29, 0.717) is 10.6 Å². The van der Waals surface area contributed by atoms with E-state index in [-0.39, 0.29) is 10.6 Å². The second-order valence-electron chi connectivity index (χ2n) is 4.94. The Labute approximate surface area is 135 Å². The number of aliphatic hydroxyl groups is 1. The van der Waals surface area contributed by atoms with E-state index >= 15 is 0 Å². The Bertz CT molecular complexity index is 708. The van der Waals surface area contributed by atoms with Gasteiger partial charge in [-0.1, -0.05) is 41.9 Å². The maximum Gasteiger partial charge on any atom is 0.181 e. The van der Waals surface area contributed by atoms with Crippen molar-refractivity contribution in [3.8, 4) is 0 Å². The van der Waals surface area contributed by atoms with Gasteiger partial charge in [-0.15, -0.1) is 0 Å². The molecule has 0 saturated carbocycles. The average Bonchev–Trinajstić information content (AvgIpc) is 2.54. The number of aliphatic hydroxyl groups excluding tert-OH is 1. The van der Waals surface area contributed by atoms with Gasteiger partial charge < -0.3 is 9.84 Å². The first-order chi connectivity index (χ1) is 10.4. The first-order valence-electron chi connectivity index (χ1n) is 6.63. The molecule has 0 radical (unpaired) electrons. The van der Waals surface area contributed by atoms with Crippen molar-refractivity contribution in [1.82, 2.24) is 0 Å². The maximum absolute atomic E-state index is 12.6. The van der Waals surface area contributed by atoms with Crippen LogP contribution in [0.2, 0.25) is 5.02 Å². The minimum absolute atomic E-state index is 0.141. The topological polar surface area (TPSA) is 63.6 Å². The summed E-state index contributed by atoms with van der Waals surface area (Å²) in [7, 11) is -2.26. The highest BCUT2D eigenvalue weighted by molar-refractivity contribution is 7.91. The standard InChI is InChI=1S/C16H17ClO4S/c1-21-16(11-18,13-5-3-2-4-6-13)12-22(19,20)15-9-7-14(17)8-10-15/h2-10,18H,11-12H2,1H3. The lowest BCUT2D eigenvalue weighted by Crippen LogP contribution is -2.40. The van der Waals surface area contributed by atoms with Crippen LogP contribution in [0, 0.1) is 0 Å². The Hall–Kier alpha value is -1.40. The van der Waals surface area contributed by atoms with Gasteiger partial charge in [-0.05, 0) is 29.8 Å². The van der Waals surface area contributed by atoms with Crippen LogP contribution in [0.4, 0.5) is 0 Å². The molecule has 0 aliphatic rings. The van der Waals surface area contributed by atoms with E-state index < -0.39 is 22.0 Å². The normalized spacial score (nSPS) is 14.5. The lowest BCUT2D eigenvalue weighted by atomic mass is 9.97. The van der Waals surface area contributed by atoms with E-state index in [9.17, 15) is 13.5 Å². The summed E-state index contributed by atoms with van der Waals surface area (Å²) in [5.41, 5.74) is -0.697. The second kappa shape index (κ2) is 6.79. The molecule has 6 heteroatoms. The highest BCUT2D eigenvalue weighted by atomic mass is 35.5. The molecule has 0 spiro atoms. The number of hydrogen-bond acceptors (Lipinski definition) is 4. The summed E-state index contributed by atoms with van der Waals surface area (Å²) in [5.74, 6) is -0.362. The summed E-state index contributed by atoms with van der Waals surface area (Å²) in [6.45, 7) is -0.444. The largest absolute Gasteiger partial charge is 0.393 e. The zero-order valence-corrected chi connectivity index (χ0v) is 13.6. The third kappa shape index (κ3) is 3.50. The summed E-state index contributed by atoms with van der Waals surface area (Å²) < 4.78 is 30.6. The van der Waals surface area contributed by atoms with Gasteiger partial charge in [0.1, 0.15) is 5.60 Å². The van der Waals surface area contributed by atoms with Crippen molar-refractivity contribution in [1.29, 1.82) is 0 Å². The number of hydrogen-bond donors (Lipinski definition) is 1. The molecule has 1 N–H and O–H groups in total. The predicted molar refractivity (Wildman–Crippen MR) is 85.7 cm³/mol. The fraction of sp³-hybridized carbons (Fsp3) is 0.250. The van der Waals surface area contributed by atoms with E-state index in [4.69, 9.17) is 16.3 Å². The average molecular weight is 341 g/mol. The van der Waals surface area contributed by atoms with Crippen LogP contribution < -0.4 is 0 Å². The molecule has 0 aromatic heterocycles. The monoisotopic (exact) mass is 340 g/mol. The number of ether oxygens (including phenoxy) is 1. The molecule has 2 aromatic carbocycles. The Balaban J connectivity index is 2.41. The van der Waals surface area contributed by atoms with E-state index in [2.05, 4.69) is 0 Å². The van der Waals surface area contributed by atoms with Crippen LogP contribution in [-0.4, -0.2) is 33.0 Å². The van der Waals surface area contributed by atoms with E-state index in [1.165, 1.54) is 31.4 Å². The van der Waals surface area contributed by atoms with Crippen LogP contribution in [0.25, 0.3) is 0 Å². The summed E-state index contributed by atoms with van der Waals surface area (Å²) in [6, 6.07) is 14.8. The van der Waals surface area contributed by atoms with Crippen LogP contribution in [0.15, 0.2) is 59.5 Å². The van der Waals surface area contributed by atoms with Gasteiger partial charge in [0, 0.05) is 12.1 Å². The lowest BCUT2D eigenvalue weighted by molar-refractivity contribution is -0.0393. The summed E-state index contributed by atoms with van der Waals surface area (Å²) in [5, 5.41) is 10.2. The molecular formula is C16H17ClO4S. The van der Waals surface area contributed by atoms with Gasteiger partial charge in [0.05, 0.1) is 17.3 Å². The molecule has 1 atom stereocenters. The van der Waals surface area contributed by atoms with Crippen LogP contribution in [0.3, 0.4) is 0 Å². The summed E-state index contributed by atoms with van der Waals surface area (Å²) >= 11 is 5.79. The first-order valence-corrected chi connectivity index (χ1v) is 8.66. The highest BCUT2D eigenvalue weighted by Crippen LogP contribution is 2.29. The van der Waals surface area contributed by atoms with Gasteiger partial charge in [-0.2, -0.15) is 0 Å². The first kappa shape index (κ1) is 17.0. The Morgan fingerprint density at radius 3 is 2.18 bits per heavy atom. The second-order valence-corrected chi connectivity index (χ2v) is 7.36. The van der Waals surface area contributed by atoms with Gasteiger partial charge in [0.25, 0.3) is 0 Å². The molecule has 0 bridgehead atoms. The smallest absolute Gasteiger partial charge is 0.181 e. The van der Waals surface area contributed by atoms with Crippen molar-refractivity contribution in [3.63, 3.8) is 0 Å². The Morgan fingerprint density at radius 2 is 1.68 bits per heavy atom. The van der Waals surface area contributed by atoms with Crippen molar-refractivity contribution < 1.29 is 18.3 Å². The van der Waals surface area contributed by atoms with Crippen molar-refractivity contribution in [2.75, 3.05) is 19.5 Å². The molecule has 118 valence electrons. The number of methoxy groups -OCH3 is 1. The van der Waals surface area contributed by atoms with Crippen molar-refractivity contribution >= 4 is 21.4 Å². The highest BCUT2D eigenvalue weighted by Gasteiger charge is 2.37. The SMILES string of the molecule is COC(CO)(CS(=O)(=O)c1ccc(Cl)cc1)c1ccccc1. The number of sulfone groups is 1. The number of halogens is 1. The molecule has 0 aliphatic heterocycles. The van der Waals surface area contributed by atoms with E-state index in [1.54, 1.807) is 24.3 Å². The predicted octanol–water partition coefficient (Wildman–Crippen LogP) is 2.65. The molecule has 0 aliphatic carbocycles. The minimum Gasteiger partial charge on any atom is -0.393 e. The van der Waals surface area contributed by atoms with Gasteiger partial charge in [-0.3, -0.25) is 0 Å². The maximum atomic E-state index is 12.6. The Morgan fingerprint density at radius 1 is 1.09 bits per heavy atom. The van der Waals surface area contributed by atoms with Crippen molar-refractivity contribution in [2.24, 2.45) is 0 Å². The van der Waals surface area contributed by atoms with Crippen molar-refractivity contribution in [3.05, 3.63) is 65.2 Å². The summed E-state index contributed by atoms with van der Waals surface area (Å²) in [4.78, 5) is 0.141. The van der Waals surface area contributed by atoms with Crippen LogP contribution in [-0.2, 0) is 20.2 Å². The fourth-order valence-electron chi connectivity index (χ4n) is 2.24. The van der Waals surface area contributed by atoms with Crippen LogP contribution in [0.1, 0.15) is 5.56 Å². The molecule has 0 fully saturated rings. The van der Waals surface area contributed by atoms with Crippen LogP contribution >= 0.6 is 11.6 Å². The molecule has 0 saturated heterocycles. The van der Waals surface area contributed by atoms with E-state index in [0.717, 1.165) is 0 Å². The molecule has 0 heterocycles. The van der Waals surface area contributed by atoms with Gasteiger partial charge in [0.2, 0.25) is 0 Å². The quantitative estimate of drug-likeness (QED) is 0.878. The molecule has 22 heavy (non-hydrogen) atoms. The van der Waals surface area contributed by atoms with Gasteiger partial charge in [0.15, 0.2) is 9.84 Å². The molecule has 2 rings (SSSR count). The zero-order valence-electron chi connectivity index (χ0n) is 12.1. The Kier molecular flexibility index (Phi) is 5.24. The zero-order chi connectivity index (χ0) is 16.2. The van der Waals surface area contributed by atoms with Gasteiger partial charge in [-0.25, -0.2) is 8.42 Å². The van der Waals surface area contributed by atoms with E-state index in [1.807, 2.05) is 6.07 Å².